The molecule has 3 rings (SSSR count). The van der Waals surface area contributed by atoms with Crippen molar-refractivity contribution >= 4 is 17.3 Å². The predicted octanol–water partition coefficient (Wildman–Crippen LogP) is 4.19. The van der Waals surface area contributed by atoms with Crippen LogP contribution in [0, 0.1) is 11.7 Å². The summed E-state index contributed by atoms with van der Waals surface area (Å²) in [5.41, 5.74) is 1.06. The lowest BCUT2D eigenvalue weighted by Crippen LogP contribution is -2.41. The Bertz CT molecular complexity index is 627. The van der Waals surface area contributed by atoms with Crippen LogP contribution in [0.3, 0.4) is 0 Å². The Morgan fingerprint density at radius 2 is 1.90 bits per heavy atom. The number of aliphatic hydroxyl groups excluding tert-OH is 1. The molecule has 0 bridgehead atoms. The Balaban J connectivity index is 1.98. The van der Waals surface area contributed by atoms with Crippen molar-refractivity contribution in [2.24, 2.45) is 5.92 Å². The first-order valence-electron chi connectivity index (χ1n) is 7.05. The summed E-state index contributed by atoms with van der Waals surface area (Å²) in [6.45, 7) is -0.0458. The fraction of sp³-hybridized carbons (Fsp3) is 0.294. The van der Waals surface area contributed by atoms with Gasteiger partial charge >= 0.3 is 0 Å². The van der Waals surface area contributed by atoms with Crippen LogP contribution in [-0.2, 0) is 5.54 Å². The quantitative estimate of drug-likeness (QED) is 0.868. The average Bonchev–Trinajstić information content (AvgIpc) is 3.31. The maximum atomic E-state index is 13.4. The van der Waals surface area contributed by atoms with Gasteiger partial charge in [0.1, 0.15) is 5.82 Å². The van der Waals surface area contributed by atoms with Gasteiger partial charge in [0, 0.05) is 10.7 Å². The van der Waals surface area contributed by atoms with E-state index >= 15 is 0 Å². The molecule has 2 N–H and O–H groups in total. The lowest BCUT2D eigenvalue weighted by molar-refractivity contribution is 0.193. The molecule has 0 saturated heterocycles. The molecule has 1 aliphatic rings. The normalized spacial score (nSPS) is 17.3. The molecule has 2 aromatic rings. The van der Waals surface area contributed by atoms with Gasteiger partial charge in [0.15, 0.2) is 0 Å². The van der Waals surface area contributed by atoms with E-state index in [2.05, 4.69) is 5.32 Å². The summed E-state index contributed by atoms with van der Waals surface area (Å²) >= 11 is 5.95. The van der Waals surface area contributed by atoms with Gasteiger partial charge < -0.3 is 10.4 Å². The third-order valence-corrected chi connectivity index (χ3v) is 4.33. The second-order valence-electron chi connectivity index (χ2n) is 5.55. The van der Waals surface area contributed by atoms with E-state index in [0.717, 1.165) is 18.4 Å². The number of benzene rings is 2. The van der Waals surface area contributed by atoms with Crippen molar-refractivity contribution in [3.8, 4) is 0 Å². The molecule has 2 aromatic carbocycles. The molecule has 0 aromatic heterocycles. The van der Waals surface area contributed by atoms with E-state index in [9.17, 15) is 9.50 Å². The molecule has 0 heterocycles. The van der Waals surface area contributed by atoms with Crippen LogP contribution in [0.15, 0.2) is 48.5 Å². The third kappa shape index (κ3) is 2.89. The number of hydrogen-bond donors (Lipinski definition) is 2. The van der Waals surface area contributed by atoms with Crippen molar-refractivity contribution in [3.63, 3.8) is 0 Å². The zero-order valence-electron chi connectivity index (χ0n) is 11.5. The molecule has 1 saturated carbocycles. The lowest BCUT2D eigenvalue weighted by Gasteiger charge is -2.35. The minimum absolute atomic E-state index is 0.0458. The van der Waals surface area contributed by atoms with Gasteiger partial charge in [-0.25, -0.2) is 4.39 Å². The van der Waals surface area contributed by atoms with Crippen LogP contribution in [0.5, 0.6) is 0 Å². The highest BCUT2D eigenvalue weighted by atomic mass is 35.5. The number of nitrogens with one attached hydrogen (secondary N) is 1. The number of halogens is 2. The van der Waals surface area contributed by atoms with Gasteiger partial charge in [-0.3, -0.25) is 0 Å². The second kappa shape index (κ2) is 5.66. The van der Waals surface area contributed by atoms with Crippen LogP contribution >= 0.6 is 11.6 Å². The van der Waals surface area contributed by atoms with Gasteiger partial charge in [-0.15, -0.1) is 0 Å². The first-order valence-corrected chi connectivity index (χ1v) is 7.42. The van der Waals surface area contributed by atoms with E-state index in [0.29, 0.717) is 16.6 Å². The summed E-state index contributed by atoms with van der Waals surface area (Å²) in [6.07, 6.45) is 2.09. The molecule has 21 heavy (non-hydrogen) atoms. The number of aliphatic hydroxyl groups is 1. The van der Waals surface area contributed by atoms with E-state index in [1.807, 2.05) is 30.3 Å². The lowest BCUT2D eigenvalue weighted by atomic mass is 9.85. The Morgan fingerprint density at radius 3 is 2.48 bits per heavy atom. The van der Waals surface area contributed by atoms with Crippen LogP contribution in [-0.4, -0.2) is 11.7 Å². The molecule has 0 radical (unpaired) electrons. The number of rotatable bonds is 5. The first kappa shape index (κ1) is 14.4. The smallest absolute Gasteiger partial charge is 0.125 e. The highest BCUT2D eigenvalue weighted by molar-refractivity contribution is 6.30. The number of hydrogen-bond acceptors (Lipinski definition) is 2. The summed E-state index contributed by atoms with van der Waals surface area (Å²) in [6, 6.07) is 13.8. The van der Waals surface area contributed by atoms with E-state index in [1.54, 1.807) is 6.07 Å². The van der Waals surface area contributed by atoms with Crippen LogP contribution in [0.2, 0.25) is 5.02 Å². The van der Waals surface area contributed by atoms with Crippen molar-refractivity contribution in [2.75, 3.05) is 11.9 Å². The molecule has 0 amide bonds. The van der Waals surface area contributed by atoms with E-state index in [1.165, 1.54) is 12.1 Å². The second-order valence-corrected chi connectivity index (χ2v) is 5.98. The summed E-state index contributed by atoms with van der Waals surface area (Å²) < 4.78 is 13.4. The maximum Gasteiger partial charge on any atom is 0.125 e. The van der Waals surface area contributed by atoms with E-state index in [-0.39, 0.29) is 12.4 Å². The predicted molar refractivity (Wildman–Crippen MR) is 83.0 cm³/mol. The van der Waals surface area contributed by atoms with Gasteiger partial charge in [0.25, 0.3) is 0 Å². The number of anilines is 1. The summed E-state index contributed by atoms with van der Waals surface area (Å²) in [5, 5.41) is 14.1. The van der Waals surface area contributed by atoms with Gasteiger partial charge in [-0.1, -0.05) is 29.8 Å². The molecule has 110 valence electrons. The van der Waals surface area contributed by atoms with Gasteiger partial charge in [-0.05, 0) is 54.7 Å². The zero-order valence-corrected chi connectivity index (χ0v) is 12.3. The highest BCUT2D eigenvalue weighted by Crippen LogP contribution is 2.47. The molecule has 4 heteroatoms. The molecule has 1 unspecified atom stereocenters. The molecule has 1 fully saturated rings. The molecule has 0 spiro atoms. The minimum atomic E-state index is -0.585. The van der Waals surface area contributed by atoms with Crippen molar-refractivity contribution in [3.05, 3.63) is 64.9 Å². The van der Waals surface area contributed by atoms with Crippen molar-refractivity contribution < 1.29 is 9.50 Å². The average molecular weight is 306 g/mol. The SMILES string of the molecule is OCC(Nc1cccc(F)c1)(c1ccc(Cl)cc1)C1CC1. The molecular formula is C17H17ClFNO. The largest absolute Gasteiger partial charge is 0.394 e. The maximum absolute atomic E-state index is 13.4. The Hall–Kier alpha value is -1.58. The first-order chi connectivity index (χ1) is 10.1. The van der Waals surface area contributed by atoms with Crippen LogP contribution < -0.4 is 5.32 Å². The Labute approximate surface area is 128 Å². The fourth-order valence-corrected chi connectivity index (χ4v) is 2.94. The molecule has 1 atom stereocenters. The summed E-state index contributed by atoms with van der Waals surface area (Å²) in [5.74, 6) is 0.0469. The van der Waals surface area contributed by atoms with Crippen LogP contribution in [0.25, 0.3) is 0 Å². The fourth-order valence-electron chi connectivity index (χ4n) is 2.82. The monoisotopic (exact) mass is 305 g/mol. The van der Waals surface area contributed by atoms with Crippen LogP contribution in [0.1, 0.15) is 18.4 Å². The highest BCUT2D eigenvalue weighted by Gasteiger charge is 2.46. The Kier molecular flexibility index (Phi) is 3.87. The van der Waals surface area contributed by atoms with E-state index < -0.39 is 5.54 Å². The van der Waals surface area contributed by atoms with E-state index in [4.69, 9.17) is 11.6 Å². The van der Waals surface area contributed by atoms with Gasteiger partial charge in [0.2, 0.25) is 0 Å². The van der Waals surface area contributed by atoms with Gasteiger partial charge in [0.05, 0.1) is 12.1 Å². The minimum Gasteiger partial charge on any atom is -0.394 e. The summed E-state index contributed by atoms with van der Waals surface area (Å²) in [4.78, 5) is 0. The Morgan fingerprint density at radius 1 is 1.19 bits per heavy atom. The van der Waals surface area contributed by atoms with Crippen molar-refractivity contribution in [2.45, 2.75) is 18.4 Å². The standard InChI is InChI=1S/C17H17ClFNO/c18-14-8-6-13(7-9-14)17(11-21,12-4-5-12)20-16-3-1-2-15(19)10-16/h1-3,6-10,12,20-21H,4-5,11H2. The van der Waals surface area contributed by atoms with Crippen molar-refractivity contribution in [1.29, 1.82) is 0 Å². The van der Waals surface area contributed by atoms with Gasteiger partial charge in [-0.2, -0.15) is 0 Å². The van der Waals surface area contributed by atoms with Crippen LogP contribution in [0.4, 0.5) is 10.1 Å². The van der Waals surface area contributed by atoms with Crippen molar-refractivity contribution in [1.82, 2.24) is 0 Å². The molecular weight excluding hydrogens is 289 g/mol. The molecule has 0 aliphatic heterocycles. The zero-order chi connectivity index (χ0) is 14.9. The molecule has 2 nitrogen and oxygen atoms in total. The summed E-state index contributed by atoms with van der Waals surface area (Å²) in [7, 11) is 0. The third-order valence-electron chi connectivity index (χ3n) is 4.08. The topological polar surface area (TPSA) is 32.3 Å². The molecule has 1 aliphatic carbocycles.